The molecule has 0 atom stereocenters. The van der Waals surface area contributed by atoms with Gasteiger partial charge in [-0.05, 0) is 70.2 Å². The predicted octanol–water partition coefficient (Wildman–Crippen LogP) is 8.32. The number of hydrogen-bond donors (Lipinski definition) is 1. The number of carboxylic acid groups (broad SMARTS) is 1. The summed E-state index contributed by atoms with van der Waals surface area (Å²) in [5.74, 6) is 0.376. The summed E-state index contributed by atoms with van der Waals surface area (Å²) in [4.78, 5) is 29.6. The van der Waals surface area contributed by atoms with Crippen LogP contribution in [0.2, 0.25) is 0 Å². The molecule has 1 amide bonds. The van der Waals surface area contributed by atoms with Crippen molar-refractivity contribution in [2.75, 3.05) is 13.1 Å². The van der Waals surface area contributed by atoms with E-state index >= 15 is 0 Å². The van der Waals surface area contributed by atoms with E-state index in [0.29, 0.717) is 42.6 Å². The Morgan fingerprint density at radius 1 is 0.925 bits per heavy atom. The summed E-state index contributed by atoms with van der Waals surface area (Å²) in [7, 11) is 0. The third-order valence-electron chi connectivity index (χ3n) is 8.77. The van der Waals surface area contributed by atoms with Gasteiger partial charge in [-0.25, -0.2) is 4.79 Å². The van der Waals surface area contributed by atoms with Crippen molar-refractivity contribution in [2.24, 2.45) is 11.8 Å². The summed E-state index contributed by atoms with van der Waals surface area (Å²) in [5, 5.41) is 12.5. The number of fused-ring (bicyclic) bond motifs is 1. The monoisotopic (exact) mass is 549 g/mol. The Hall–Kier alpha value is -3.70. The molecule has 2 aliphatic rings. The second-order valence-corrected chi connectivity index (χ2v) is 12.4. The molecule has 5 heteroatoms. The number of thiophene rings is 1. The summed E-state index contributed by atoms with van der Waals surface area (Å²) >= 11 is 1.36. The van der Waals surface area contributed by atoms with E-state index in [1.165, 1.54) is 29.8 Å². The zero-order valence-corrected chi connectivity index (χ0v) is 23.8. The van der Waals surface area contributed by atoms with Gasteiger partial charge in [0.05, 0.1) is 6.42 Å². The Balaban J connectivity index is 1.35. The van der Waals surface area contributed by atoms with Crippen molar-refractivity contribution < 1.29 is 14.7 Å². The van der Waals surface area contributed by atoms with E-state index in [9.17, 15) is 14.7 Å². The van der Waals surface area contributed by atoms with E-state index in [1.54, 1.807) is 0 Å². The molecule has 1 aliphatic heterocycles. The number of benzene rings is 3. The highest BCUT2D eigenvalue weighted by molar-refractivity contribution is 7.17. The van der Waals surface area contributed by atoms with Crippen LogP contribution in [0.15, 0.2) is 84.4 Å². The van der Waals surface area contributed by atoms with Crippen LogP contribution in [0.25, 0.3) is 26.8 Å². The summed E-state index contributed by atoms with van der Waals surface area (Å²) < 4.78 is 0. The van der Waals surface area contributed by atoms with Gasteiger partial charge >= 0.3 is 5.97 Å². The number of aromatic carboxylic acids is 1. The van der Waals surface area contributed by atoms with Crippen molar-refractivity contribution in [2.45, 2.75) is 45.4 Å². The van der Waals surface area contributed by atoms with Crippen molar-refractivity contribution >= 4 is 39.6 Å². The standard InChI is InChI=1S/C35H35NO3S/c1-23-14-16-25(17-15-23)31-22-36(33(37)20-27-12-7-11-24-8-5-6-13-28(24)27)19-18-29(31)30-21-32(40-34(30)35(38)39)26-9-3-2-4-10-26/h2-13,21,23,25H,14-20,22H2,1H3,(H,38,39). The first-order valence-electron chi connectivity index (χ1n) is 14.4. The number of carbonyl (C=O) groups is 2. The molecule has 1 N–H and O–H groups in total. The molecule has 40 heavy (non-hydrogen) atoms. The van der Waals surface area contributed by atoms with Gasteiger partial charge < -0.3 is 10.0 Å². The van der Waals surface area contributed by atoms with Crippen molar-refractivity contribution in [3.05, 3.63) is 100 Å². The van der Waals surface area contributed by atoms with Crippen LogP contribution in [0.3, 0.4) is 0 Å². The third kappa shape index (κ3) is 5.35. The Kier molecular flexibility index (Phi) is 7.57. The van der Waals surface area contributed by atoms with Gasteiger partial charge in [-0.15, -0.1) is 11.3 Å². The molecule has 1 saturated carbocycles. The summed E-state index contributed by atoms with van der Waals surface area (Å²) in [6.45, 7) is 3.52. The first-order valence-corrected chi connectivity index (χ1v) is 15.2. The Bertz CT molecular complexity index is 1570. The Labute approximate surface area is 240 Å². The molecule has 0 unspecified atom stereocenters. The van der Waals surface area contributed by atoms with Gasteiger partial charge in [-0.1, -0.05) is 92.6 Å². The maximum Gasteiger partial charge on any atom is 0.346 e. The van der Waals surface area contributed by atoms with Crippen molar-refractivity contribution in [1.82, 2.24) is 4.90 Å². The number of hydrogen-bond acceptors (Lipinski definition) is 3. The molecule has 1 aromatic heterocycles. The number of carboxylic acids is 1. The fraction of sp³-hybridized carbons (Fsp3) is 0.314. The lowest BCUT2D eigenvalue weighted by Crippen LogP contribution is -2.39. The lowest BCUT2D eigenvalue weighted by atomic mass is 9.75. The molecule has 1 fully saturated rings. The van der Waals surface area contributed by atoms with E-state index in [-0.39, 0.29) is 5.91 Å². The molecule has 0 saturated heterocycles. The quantitative estimate of drug-likeness (QED) is 0.263. The molecule has 4 aromatic rings. The number of amides is 1. The zero-order chi connectivity index (χ0) is 27.6. The maximum absolute atomic E-state index is 13.7. The van der Waals surface area contributed by atoms with Gasteiger partial charge in [0.1, 0.15) is 4.88 Å². The molecule has 1 aliphatic carbocycles. The van der Waals surface area contributed by atoms with Crippen LogP contribution in [0.1, 0.15) is 59.8 Å². The SMILES string of the molecule is CC1CCC(C2=C(c3cc(-c4ccccc4)sc3C(=O)O)CCN(C(=O)Cc3cccc4ccccc34)C2)CC1. The molecule has 6 rings (SSSR count). The number of carbonyl (C=O) groups excluding carboxylic acids is 1. The van der Waals surface area contributed by atoms with Crippen LogP contribution in [0, 0.1) is 11.8 Å². The highest BCUT2D eigenvalue weighted by Gasteiger charge is 2.32. The molecule has 3 aromatic carbocycles. The lowest BCUT2D eigenvalue weighted by Gasteiger charge is -2.37. The van der Waals surface area contributed by atoms with Crippen LogP contribution in [0.5, 0.6) is 0 Å². The van der Waals surface area contributed by atoms with Crippen LogP contribution in [-0.4, -0.2) is 35.0 Å². The molecule has 0 bridgehead atoms. The largest absolute Gasteiger partial charge is 0.477 e. The fourth-order valence-corrected chi connectivity index (χ4v) is 7.56. The van der Waals surface area contributed by atoms with Gasteiger partial charge in [0.25, 0.3) is 0 Å². The van der Waals surface area contributed by atoms with Crippen LogP contribution in [-0.2, 0) is 11.2 Å². The van der Waals surface area contributed by atoms with Crippen LogP contribution >= 0.6 is 11.3 Å². The normalized spacial score (nSPS) is 19.7. The minimum Gasteiger partial charge on any atom is -0.477 e. The van der Waals surface area contributed by atoms with Crippen LogP contribution < -0.4 is 0 Å². The van der Waals surface area contributed by atoms with Gasteiger partial charge in [-0.3, -0.25) is 4.79 Å². The molecule has 0 radical (unpaired) electrons. The first-order chi connectivity index (χ1) is 19.5. The van der Waals surface area contributed by atoms with E-state index in [1.807, 2.05) is 53.4 Å². The first kappa shape index (κ1) is 26.5. The molecule has 2 heterocycles. The molecule has 0 spiro atoms. The molecule has 4 nitrogen and oxygen atoms in total. The predicted molar refractivity (Wildman–Crippen MR) is 164 cm³/mol. The summed E-state index contributed by atoms with van der Waals surface area (Å²) in [6.07, 6.45) is 5.62. The van der Waals surface area contributed by atoms with Gasteiger partial charge in [-0.2, -0.15) is 0 Å². The fourth-order valence-electron chi connectivity index (χ4n) is 6.53. The van der Waals surface area contributed by atoms with Crippen molar-refractivity contribution in [3.63, 3.8) is 0 Å². The summed E-state index contributed by atoms with van der Waals surface area (Å²) in [6, 6.07) is 26.5. The maximum atomic E-state index is 13.7. The molecular formula is C35H35NO3S. The minimum absolute atomic E-state index is 0.144. The lowest BCUT2D eigenvalue weighted by molar-refractivity contribution is -0.130. The third-order valence-corrected chi connectivity index (χ3v) is 9.95. The second-order valence-electron chi connectivity index (χ2n) is 11.4. The van der Waals surface area contributed by atoms with E-state index < -0.39 is 5.97 Å². The van der Waals surface area contributed by atoms with Crippen molar-refractivity contribution in [1.29, 1.82) is 0 Å². The average Bonchev–Trinajstić information content (AvgIpc) is 3.44. The topological polar surface area (TPSA) is 57.6 Å². The van der Waals surface area contributed by atoms with E-state index in [0.717, 1.165) is 50.8 Å². The Morgan fingerprint density at radius 2 is 1.65 bits per heavy atom. The number of rotatable bonds is 6. The second kappa shape index (κ2) is 11.4. The Morgan fingerprint density at radius 3 is 2.42 bits per heavy atom. The molecular weight excluding hydrogens is 514 g/mol. The highest BCUT2D eigenvalue weighted by Crippen LogP contribution is 2.43. The number of nitrogens with zero attached hydrogens (tertiary/aromatic N) is 1. The van der Waals surface area contributed by atoms with Gasteiger partial charge in [0, 0.05) is 23.5 Å². The molecule has 204 valence electrons. The zero-order valence-electron chi connectivity index (χ0n) is 22.9. The van der Waals surface area contributed by atoms with Gasteiger partial charge in [0.2, 0.25) is 5.91 Å². The summed E-state index contributed by atoms with van der Waals surface area (Å²) in [5.41, 5.74) is 5.39. The van der Waals surface area contributed by atoms with Crippen molar-refractivity contribution in [3.8, 4) is 10.4 Å². The van der Waals surface area contributed by atoms with E-state index in [4.69, 9.17) is 0 Å². The van der Waals surface area contributed by atoms with Crippen LogP contribution in [0.4, 0.5) is 0 Å². The average molecular weight is 550 g/mol. The van der Waals surface area contributed by atoms with Gasteiger partial charge in [0.15, 0.2) is 0 Å². The highest BCUT2D eigenvalue weighted by atomic mass is 32.1. The smallest absolute Gasteiger partial charge is 0.346 e. The van der Waals surface area contributed by atoms with E-state index in [2.05, 4.69) is 37.3 Å². The minimum atomic E-state index is -0.874.